The molecular formula is C21H20BrFN2O3. The summed E-state index contributed by atoms with van der Waals surface area (Å²) in [6.07, 6.45) is 1.43. The molecule has 0 fully saturated rings. The van der Waals surface area contributed by atoms with E-state index in [1.165, 1.54) is 12.3 Å². The number of aromatic nitrogens is 1. The van der Waals surface area contributed by atoms with Gasteiger partial charge in [0.1, 0.15) is 17.1 Å². The van der Waals surface area contributed by atoms with E-state index in [9.17, 15) is 9.18 Å². The highest BCUT2D eigenvalue weighted by molar-refractivity contribution is 9.10. The van der Waals surface area contributed by atoms with Gasteiger partial charge in [-0.2, -0.15) is 0 Å². The largest absolute Gasteiger partial charge is 0.493 e. The summed E-state index contributed by atoms with van der Waals surface area (Å²) in [4.78, 5) is 16.8. The zero-order valence-corrected chi connectivity index (χ0v) is 17.4. The van der Waals surface area contributed by atoms with Gasteiger partial charge in [0.2, 0.25) is 0 Å². The van der Waals surface area contributed by atoms with E-state index in [0.29, 0.717) is 33.4 Å². The van der Waals surface area contributed by atoms with Crippen LogP contribution in [0.5, 0.6) is 5.75 Å². The summed E-state index contributed by atoms with van der Waals surface area (Å²) in [6.45, 7) is 6.21. The summed E-state index contributed by atoms with van der Waals surface area (Å²) in [6, 6.07) is 8.32. The Morgan fingerprint density at radius 1 is 1.21 bits per heavy atom. The summed E-state index contributed by atoms with van der Waals surface area (Å²) < 4.78 is 25.8. The van der Waals surface area contributed by atoms with Crippen LogP contribution in [0.1, 0.15) is 29.8 Å². The van der Waals surface area contributed by atoms with Crippen molar-refractivity contribution in [2.45, 2.75) is 20.8 Å². The van der Waals surface area contributed by atoms with Crippen LogP contribution in [-0.2, 0) is 4.74 Å². The lowest BCUT2D eigenvalue weighted by molar-refractivity contribution is 0.0527. The molecule has 0 unspecified atom stereocenters. The number of carbonyl (C=O) groups is 1. The molecule has 0 amide bonds. The number of hydrogen-bond donors (Lipinski definition) is 1. The molecule has 0 bridgehead atoms. The van der Waals surface area contributed by atoms with Gasteiger partial charge in [-0.3, -0.25) is 4.98 Å². The van der Waals surface area contributed by atoms with Gasteiger partial charge in [-0.05, 0) is 60.5 Å². The lowest BCUT2D eigenvalue weighted by atomic mass is 10.1. The van der Waals surface area contributed by atoms with E-state index in [1.807, 2.05) is 13.8 Å². The minimum atomic E-state index is -0.530. The van der Waals surface area contributed by atoms with E-state index >= 15 is 0 Å². The Bertz CT molecular complexity index is 1040. The predicted molar refractivity (Wildman–Crippen MR) is 111 cm³/mol. The van der Waals surface area contributed by atoms with Crippen LogP contribution in [0, 0.1) is 12.7 Å². The maximum Gasteiger partial charge on any atom is 0.341 e. The highest BCUT2D eigenvalue weighted by Crippen LogP contribution is 2.36. The number of nitrogens with zero attached hydrogens (tertiary/aromatic N) is 1. The van der Waals surface area contributed by atoms with Gasteiger partial charge in [0.25, 0.3) is 0 Å². The van der Waals surface area contributed by atoms with E-state index in [4.69, 9.17) is 9.47 Å². The second kappa shape index (κ2) is 8.56. The number of ether oxygens (including phenoxy) is 2. The Balaban J connectivity index is 2.22. The van der Waals surface area contributed by atoms with Crippen LogP contribution in [0.15, 0.2) is 41.0 Å². The number of esters is 1. The van der Waals surface area contributed by atoms with Crippen LogP contribution in [0.4, 0.5) is 15.8 Å². The van der Waals surface area contributed by atoms with Gasteiger partial charge >= 0.3 is 5.97 Å². The molecular weight excluding hydrogens is 427 g/mol. The minimum Gasteiger partial charge on any atom is -0.493 e. The quantitative estimate of drug-likeness (QED) is 0.487. The molecule has 1 aromatic heterocycles. The van der Waals surface area contributed by atoms with E-state index < -0.39 is 11.8 Å². The van der Waals surface area contributed by atoms with E-state index in [0.717, 1.165) is 5.56 Å². The maximum absolute atomic E-state index is 14.4. The van der Waals surface area contributed by atoms with Gasteiger partial charge in [0.05, 0.1) is 34.6 Å². The third kappa shape index (κ3) is 4.09. The third-order valence-corrected chi connectivity index (χ3v) is 4.72. The predicted octanol–water partition coefficient (Wildman–Crippen LogP) is 5.76. The van der Waals surface area contributed by atoms with Gasteiger partial charge in [0, 0.05) is 17.6 Å². The molecule has 5 nitrogen and oxygen atoms in total. The summed E-state index contributed by atoms with van der Waals surface area (Å²) in [5, 5.41) is 3.71. The molecule has 1 N–H and O–H groups in total. The first kappa shape index (κ1) is 20.1. The zero-order valence-electron chi connectivity index (χ0n) is 15.8. The van der Waals surface area contributed by atoms with Crippen molar-refractivity contribution in [3.05, 3.63) is 57.9 Å². The Morgan fingerprint density at radius 3 is 2.71 bits per heavy atom. The number of hydrogen-bond acceptors (Lipinski definition) is 5. The molecule has 0 aliphatic heterocycles. The lowest BCUT2D eigenvalue weighted by Crippen LogP contribution is -2.10. The molecule has 146 valence electrons. The number of nitrogens with one attached hydrogen (secondary N) is 1. The smallest absolute Gasteiger partial charge is 0.341 e. The molecule has 0 aliphatic carbocycles. The number of halogens is 2. The summed E-state index contributed by atoms with van der Waals surface area (Å²) >= 11 is 3.49. The van der Waals surface area contributed by atoms with Crippen molar-refractivity contribution in [1.82, 2.24) is 4.98 Å². The van der Waals surface area contributed by atoms with Gasteiger partial charge in [0.15, 0.2) is 0 Å². The molecule has 1 heterocycles. The van der Waals surface area contributed by atoms with E-state index in [-0.39, 0.29) is 17.9 Å². The monoisotopic (exact) mass is 446 g/mol. The standard InChI is InChI=1S/C21H20BrFN2O3/c1-4-27-19-10-17-13(9-15(19)22)20(14(11-24-17)21(26)28-5-2)25-18-8-12(3)6-7-16(18)23/h6-11H,4-5H2,1-3H3,(H,24,25). The summed E-state index contributed by atoms with van der Waals surface area (Å²) in [5.74, 6) is -0.313. The fourth-order valence-corrected chi connectivity index (χ4v) is 3.29. The first-order chi connectivity index (χ1) is 13.4. The molecule has 0 saturated heterocycles. The van der Waals surface area contributed by atoms with Crippen molar-refractivity contribution in [2.24, 2.45) is 0 Å². The topological polar surface area (TPSA) is 60.5 Å². The van der Waals surface area contributed by atoms with Crippen LogP contribution < -0.4 is 10.1 Å². The molecule has 0 atom stereocenters. The van der Waals surface area contributed by atoms with E-state index in [2.05, 4.69) is 26.2 Å². The molecule has 2 aromatic carbocycles. The fourth-order valence-electron chi connectivity index (χ4n) is 2.83. The Hall–Kier alpha value is -2.67. The second-order valence-corrected chi connectivity index (χ2v) is 6.96. The SMILES string of the molecule is CCOC(=O)c1cnc2cc(OCC)c(Br)cc2c1Nc1cc(C)ccc1F. The van der Waals surface area contributed by atoms with Gasteiger partial charge in [-0.1, -0.05) is 6.07 Å². The van der Waals surface area contributed by atoms with E-state index in [1.54, 1.807) is 31.2 Å². The lowest BCUT2D eigenvalue weighted by Gasteiger charge is -2.16. The van der Waals surface area contributed by atoms with Crippen LogP contribution in [-0.4, -0.2) is 24.2 Å². The Morgan fingerprint density at radius 2 is 2.00 bits per heavy atom. The minimum absolute atomic E-state index is 0.224. The molecule has 0 aliphatic rings. The molecule has 3 aromatic rings. The van der Waals surface area contributed by atoms with Gasteiger partial charge < -0.3 is 14.8 Å². The number of fused-ring (bicyclic) bond motifs is 1. The fraction of sp³-hybridized carbons (Fsp3) is 0.238. The molecule has 28 heavy (non-hydrogen) atoms. The highest BCUT2D eigenvalue weighted by Gasteiger charge is 2.19. The molecule has 7 heteroatoms. The number of rotatable bonds is 6. The summed E-state index contributed by atoms with van der Waals surface area (Å²) in [7, 11) is 0. The highest BCUT2D eigenvalue weighted by atomic mass is 79.9. The zero-order chi connectivity index (χ0) is 20.3. The molecule has 0 spiro atoms. The second-order valence-electron chi connectivity index (χ2n) is 6.11. The average molecular weight is 447 g/mol. The van der Waals surface area contributed by atoms with Crippen LogP contribution in [0.3, 0.4) is 0 Å². The number of aryl methyl sites for hydroxylation is 1. The first-order valence-electron chi connectivity index (χ1n) is 8.90. The van der Waals surface area contributed by atoms with Crippen molar-refractivity contribution in [2.75, 3.05) is 18.5 Å². The molecule has 3 rings (SSSR count). The average Bonchev–Trinajstić information content (AvgIpc) is 2.66. The van der Waals surface area contributed by atoms with Crippen LogP contribution in [0.25, 0.3) is 10.9 Å². The van der Waals surface area contributed by atoms with Crippen LogP contribution in [0.2, 0.25) is 0 Å². The van der Waals surface area contributed by atoms with Crippen LogP contribution >= 0.6 is 15.9 Å². The molecule has 0 saturated carbocycles. The Kier molecular flexibility index (Phi) is 6.14. The number of pyridine rings is 1. The third-order valence-electron chi connectivity index (χ3n) is 4.10. The number of benzene rings is 2. The van der Waals surface area contributed by atoms with Gasteiger partial charge in [-0.15, -0.1) is 0 Å². The molecule has 0 radical (unpaired) electrons. The summed E-state index contributed by atoms with van der Waals surface area (Å²) in [5.41, 5.74) is 2.42. The van der Waals surface area contributed by atoms with Gasteiger partial charge in [-0.25, -0.2) is 9.18 Å². The Labute approximate surface area is 171 Å². The van der Waals surface area contributed by atoms with Crippen molar-refractivity contribution in [1.29, 1.82) is 0 Å². The number of carbonyl (C=O) groups excluding carboxylic acids is 1. The van der Waals surface area contributed by atoms with Crippen molar-refractivity contribution >= 4 is 44.2 Å². The normalized spacial score (nSPS) is 10.8. The van der Waals surface area contributed by atoms with Crippen molar-refractivity contribution in [3.8, 4) is 5.75 Å². The van der Waals surface area contributed by atoms with Crippen molar-refractivity contribution < 1.29 is 18.7 Å². The first-order valence-corrected chi connectivity index (χ1v) is 9.69. The number of anilines is 2. The maximum atomic E-state index is 14.4. The van der Waals surface area contributed by atoms with Crippen molar-refractivity contribution in [3.63, 3.8) is 0 Å².